The van der Waals surface area contributed by atoms with Crippen LogP contribution in [0.2, 0.25) is 0 Å². The quantitative estimate of drug-likeness (QED) is 0.602. The van der Waals surface area contributed by atoms with Crippen LogP contribution in [-0.2, 0) is 0 Å². The molecule has 1 heterocycles. The fraction of sp³-hybridized carbons (Fsp3) is 0. The monoisotopic (exact) mass is 406 g/mol. The van der Waals surface area contributed by atoms with Crippen LogP contribution in [0.4, 0.5) is 15.9 Å². The molecule has 7 nitrogen and oxygen atoms in total. The molecule has 0 radical (unpaired) electrons. The smallest absolute Gasteiger partial charge is 0.357 e. The van der Waals surface area contributed by atoms with Crippen LogP contribution in [0.1, 0.15) is 10.5 Å². The molecule has 0 aliphatic carbocycles. The van der Waals surface area contributed by atoms with Gasteiger partial charge in [-0.25, -0.2) is 4.39 Å². The average Bonchev–Trinajstić information content (AvgIpc) is 2.74. The van der Waals surface area contributed by atoms with Crippen molar-refractivity contribution in [2.24, 2.45) is 0 Å². The minimum absolute atomic E-state index is 0.0595. The van der Waals surface area contributed by atoms with E-state index in [0.717, 1.165) is 0 Å². The van der Waals surface area contributed by atoms with Crippen LogP contribution in [-0.4, -0.2) is 21.0 Å². The van der Waals surface area contributed by atoms with Crippen molar-refractivity contribution in [2.75, 3.05) is 5.32 Å². The summed E-state index contributed by atoms with van der Waals surface area (Å²) in [6.07, 6.45) is 0. The van der Waals surface area contributed by atoms with Crippen LogP contribution < -0.4 is 5.32 Å². The molecular formula is C10H5Br2FN4O3. The maximum absolute atomic E-state index is 13.6. The van der Waals surface area contributed by atoms with Crippen molar-refractivity contribution in [3.63, 3.8) is 0 Å². The molecule has 0 aliphatic heterocycles. The maximum atomic E-state index is 13.6. The lowest BCUT2D eigenvalue weighted by Gasteiger charge is -2.04. The number of rotatable bonds is 3. The highest BCUT2D eigenvalue weighted by atomic mass is 79.9. The summed E-state index contributed by atoms with van der Waals surface area (Å²) in [4.78, 5) is 21.8. The number of amides is 1. The Labute approximate surface area is 128 Å². The predicted molar refractivity (Wildman–Crippen MR) is 75.0 cm³/mol. The van der Waals surface area contributed by atoms with E-state index in [9.17, 15) is 19.3 Å². The average molecular weight is 408 g/mol. The van der Waals surface area contributed by atoms with Gasteiger partial charge >= 0.3 is 5.82 Å². The number of hydrogen-bond acceptors (Lipinski definition) is 4. The lowest BCUT2D eigenvalue weighted by Crippen LogP contribution is -2.14. The second-order valence-electron chi connectivity index (χ2n) is 3.57. The first-order valence-electron chi connectivity index (χ1n) is 5.05. The number of H-pyrrole nitrogens is 1. The van der Waals surface area contributed by atoms with E-state index in [1.54, 1.807) is 6.07 Å². The zero-order valence-electron chi connectivity index (χ0n) is 9.49. The predicted octanol–water partition coefficient (Wildman–Crippen LogP) is 3.23. The molecule has 0 fully saturated rings. The number of benzene rings is 1. The minimum atomic E-state index is -0.776. The number of nitro groups is 1. The van der Waals surface area contributed by atoms with Gasteiger partial charge in [-0.2, -0.15) is 0 Å². The molecule has 0 bridgehead atoms. The highest BCUT2D eigenvalue weighted by molar-refractivity contribution is 9.11. The molecule has 1 aromatic carbocycles. The molecule has 0 atom stereocenters. The molecule has 0 aliphatic rings. The molecule has 0 unspecified atom stereocenters. The van der Waals surface area contributed by atoms with Crippen molar-refractivity contribution < 1.29 is 14.1 Å². The Kier molecular flexibility index (Phi) is 4.14. The van der Waals surface area contributed by atoms with Gasteiger partial charge in [-0.1, -0.05) is 21.0 Å². The molecular weight excluding hydrogens is 403 g/mol. The molecule has 0 saturated carbocycles. The lowest BCUT2D eigenvalue weighted by molar-refractivity contribution is -0.390. The molecule has 20 heavy (non-hydrogen) atoms. The third-order valence-electron chi connectivity index (χ3n) is 2.27. The first-order valence-corrected chi connectivity index (χ1v) is 6.63. The van der Waals surface area contributed by atoms with E-state index in [1.807, 2.05) is 0 Å². The molecule has 2 rings (SSSR count). The summed E-state index contributed by atoms with van der Waals surface area (Å²) in [5.41, 5.74) is -0.297. The fourth-order valence-corrected chi connectivity index (χ4v) is 2.20. The summed E-state index contributed by atoms with van der Waals surface area (Å²) >= 11 is 5.98. The molecule has 1 amide bonds. The Bertz CT molecular complexity index is 704. The van der Waals surface area contributed by atoms with Gasteiger partial charge < -0.3 is 15.4 Å². The first-order chi connectivity index (χ1) is 9.40. The van der Waals surface area contributed by atoms with E-state index in [1.165, 1.54) is 12.1 Å². The minimum Gasteiger partial charge on any atom is -0.358 e. The zero-order valence-corrected chi connectivity index (χ0v) is 12.7. The summed E-state index contributed by atoms with van der Waals surface area (Å²) in [5, 5.41) is 18.5. The number of nitrogens with zero attached hydrogens (tertiary/aromatic N) is 2. The van der Waals surface area contributed by atoms with E-state index < -0.39 is 22.5 Å². The topological polar surface area (TPSA) is 101 Å². The van der Waals surface area contributed by atoms with Gasteiger partial charge in [0.15, 0.2) is 5.69 Å². The summed E-state index contributed by atoms with van der Waals surface area (Å²) in [5.74, 6) is -1.87. The molecule has 0 saturated heterocycles. The standard InChI is InChI=1S/C10H5Br2FN4O3/c11-4-1-2-6(5(13)3-4)14-10(18)8-7(12)9(16-15-8)17(19)20/h1-3H,(H,14,18)(H,15,16). The maximum Gasteiger partial charge on any atom is 0.357 e. The largest absolute Gasteiger partial charge is 0.358 e. The molecule has 2 aromatic rings. The highest BCUT2D eigenvalue weighted by Gasteiger charge is 2.25. The van der Waals surface area contributed by atoms with Gasteiger partial charge in [-0.15, -0.1) is 5.10 Å². The lowest BCUT2D eigenvalue weighted by atomic mass is 10.3. The number of carbonyl (C=O) groups is 1. The number of aromatic amines is 1. The summed E-state index contributed by atoms with van der Waals surface area (Å²) in [6, 6.07) is 4.07. The van der Waals surface area contributed by atoms with Gasteiger partial charge in [0.2, 0.25) is 0 Å². The Balaban J connectivity index is 2.26. The highest BCUT2D eigenvalue weighted by Crippen LogP contribution is 2.26. The van der Waals surface area contributed by atoms with Crippen molar-refractivity contribution in [1.29, 1.82) is 0 Å². The Morgan fingerprint density at radius 3 is 2.70 bits per heavy atom. The number of carbonyl (C=O) groups excluding carboxylic acids is 1. The van der Waals surface area contributed by atoms with Crippen molar-refractivity contribution in [3.05, 3.63) is 48.8 Å². The van der Waals surface area contributed by atoms with E-state index in [0.29, 0.717) is 4.47 Å². The van der Waals surface area contributed by atoms with Gasteiger partial charge in [0.1, 0.15) is 10.3 Å². The summed E-state index contributed by atoms with van der Waals surface area (Å²) in [7, 11) is 0. The second kappa shape index (κ2) is 5.67. The normalized spacial score (nSPS) is 10.3. The van der Waals surface area contributed by atoms with Gasteiger partial charge in [0, 0.05) is 4.47 Å². The van der Waals surface area contributed by atoms with Crippen LogP contribution in [0.3, 0.4) is 0 Å². The second-order valence-corrected chi connectivity index (χ2v) is 5.28. The number of nitrogens with one attached hydrogen (secondary N) is 2. The number of halogens is 3. The van der Waals surface area contributed by atoms with Gasteiger partial charge in [-0.05, 0) is 39.1 Å². The third kappa shape index (κ3) is 2.85. The van der Waals surface area contributed by atoms with E-state index in [-0.39, 0.29) is 15.9 Å². The molecule has 2 N–H and O–H groups in total. The SMILES string of the molecule is O=C(Nc1ccc(Br)cc1F)c1n[nH]c([N+](=O)[O-])c1Br. The van der Waals surface area contributed by atoms with Gasteiger partial charge in [0.25, 0.3) is 5.91 Å². The van der Waals surface area contributed by atoms with Crippen LogP contribution in [0.15, 0.2) is 27.1 Å². The number of anilines is 1. The molecule has 0 spiro atoms. The third-order valence-corrected chi connectivity index (χ3v) is 3.51. The van der Waals surface area contributed by atoms with Crippen LogP contribution >= 0.6 is 31.9 Å². The van der Waals surface area contributed by atoms with Crippen molar-refractivity contribution >= 4 is 49.3 Å². The first kappa shape index (κ1) is 14.6. The van der Waals surface area contributed by atoms with Crippen LogP contribution in [0, 0.1) is 15.9 Å². The number of hydrogen-bond donors (Lipinski definition) is 2. The summed E-state index contributed by atoms with van der Waals surface area (Å²) < 4.78 is 14.0. The van der Waals surface area contributed by atoms with E-state index in [4.69, 9.17) is 0 Å². The van der Waals surface area contributed by atoms with Crippen molar-refractivity contribution in [3.8, 4) is 0 Å². The Hall–Kier alpha value is -1.81. The molecule has 104 valence electrons. The van der Waals surface area contributed by atoms with E-state index >= 15 is 0 Å². The van der Waals surface area contributed by atoms with E-state index in [2.05, 4.69) is 47.4 Å². The Morgan fingerprint density at radius 1 is 1.45 bits per heavy atom. The molecule has 10 heteroatoms. The van der Waals surface area contributed by atoms with Crippen LogP contribution in [0.5, 0.6) is 0 Å². The summed E-state index contributed by atoms with van der Waals surface area (Å²) in [6.45, 7) is 0. The Morgan fingerprint density at radius 2 is 2.15 bits per heavy atom. The van der Waals surface area contributed by atoms with Gasteiger partial charge in [-0.3, -0.25) is 4.79 Å². The van der Waals surface area contributed by atoms with Crippen molar-refractivity contribution in [1.82, 2.24) is 10.2 Å². The van der Waals surface area contributed by atoms with Gasteiger partial charge in [0.05, 0.1) is 5.69 Å². The zero-order chi connectivity index (χ0) is 14.9. The number of aromatic nitrogens is 2. The van der Waals surface area contributed by atoms with Crippen molar-refractivity contribution in [2.45, 2.75) is 0 Å². The fourth-order valence-electron chi connectivity index (χ4n) is 1.36. The molecule has 1 aromatic heterocycles. The van der Waals surface area contributed by atoms with Crippen LogP contribution in [0.25, 0.3) is 0 Å².